The third kappa shape index (κ3) is 3.57. The molecule has 1 heterocycles. The predicted octanol–water partition coefficient (Wildman–Crippen LogP) is 4.76. The molecule has 0 unspecified atom stereocenters. The molecule has 0 aliphatic carbocycles. The highest BCUT2D eigenvalue weighted by Crippen LogP contribution is 2.37. The first-order chi connectivity index (χ1) is 15.2. The van der Waals surface area contributed by atoms with Crippen LogP contribution in [0.3, 0.4) is 0 Å². The fourth-order valence-corrected chi connectivity index (χ4v) is 3.85. The van der Waals surface area contributed by atoms with Crippen LogP contribution >= 0.6 is 0 Å². The lowest BCUT2D eigenvalue weighted by atomic mass is 10.1. The molecule has 5 nitrogen and oxygen atoms in total. The van der Waals surface area contributed by atoms with E-state index in [0.29, 0.717) is 12.1 Å². The number of hydrogen-bond acceptors (Lipinski definition) is 3. The average molecular weight is 405 g/mol. The molecule has 2 amide bonds. The van der Waals surface area contributed by atoms with Gasteiger partial charge in [0.15, 0.2) is 0 Å². The summed E-state index contributed by atoms with van der Waals surface area (Å²) in [5, 5.41) is 6.07. The Kier molecular flexibility index (Phi) is 4.77. The molecular formula is C26H19N3O2. The van der Waals surface area contributed by atoms with Gasteiger partial charge in [-0.3, -0.25) is 9.59 Å². The van der Waals surface area contributed by atoms with Crippen molar-refractivity contribution >= 4 is 34.5 Å². The minimum Gasteiger partial charge on any atom is -0.303 e. The van der Waals surface area contributed by atoms with E-state index in [2.05, 4.69) is 10.5 Å². The van der Waals surface area contributed by atoms with E-state index in [-0.39, 0.29) is 11.8 Å². The van der Waals surface area contributed by atoms with Gasteiger partial charge in [0.2, 0.25) is 0 Å². The van der Waals surface area contributed by atoms with Crippen LogP contribution in [0.2, 0.25) is 0 Å². The number of hydrazone groups is 1. The molecule has 4 aromatic rings. The summed E-state index contributed by atoms with van der Waals surface area (Å²) in [7, 11) is 0. The lowest BCUT2D eigenvalue weighted by Crippen LogP contribution is -2.26. The van der Waals surface area contributed by atoms with Gasteiger partial charge in [-0.25, -0.2) is 5.43 Å². The molecule has 0 aromatic heterocycles. The van der Waals surface area contributed by atoms with Crippen LogP contribution < -0.4 is 10.3 Å². The molecule has 1 N–H and O–H groups in total. The third-order valence-electron chi connectivity index (χ3n) is 5.39. The number of anilines is 1. The molecule has 0 atom stereocenters. The zero-order valence-corrected chi connectivity index (χ0v) is 16.7. The first-order valence-corrected chi connectivity index (χ1v) is 10.0. The van der Waals surface area contributed by atoms with Gasteiger partial charge < -0.3 is 4.90 Å². The Bertz CT molecular complexity index is 1310. The molecule has 0 bridgehead atoms. The van der Waals surface area contributed by atoms with E-state index in [9.17, 15) is 9.59 Å². The van der Waals surface area contributed by atoms with Crippen LogP contribution in [0.15, 0.2) is 96.1 Å². The monoisotopic (exact) mass is 405 g/mol. The maximum absolute atomic E-state index is 12.9. The van der Waals surface area contributed by atoms with Gasteiger partial charge in [0.1, 0.15) is 0 Å². The number of hydrogen-bond donors (Lipinski definition) is 1. The number of carbonyl (C=O) groups is 2. The minimum atomic E-state index is -0.284. The summed E-state index contributed by atoms with van der Waals surface area (Å²) >= 11 is 0. The minimum absolute atomic E-state index is 0.00358. The Labute approximate surface area is 179 Å². The second kappa shape index (κ2) is 7.88. The van der Waals surface area contributed by atoms with Gasteiger partial charge in [-0.15, -0.1) is 0 Å². The van der Waals surface area contributed by atoms with Crippen LogP contribution in [0.25, 0.3) is 10.8 Å². The van der Waals surface area contributed by atoms with E-state index in [4.69, 9.17) is 0 Å². The van der Waals surface area contributed by atoms with Gasteiger partial charge in [-0.1, -0.05) is 66.7 Å². The number of benzene rings is 4. The molecule has 1 aliphatic rings. The maximum atomic E-state index is 12.9. The topological polar surface area (TPSA) is 61.8 Å². The fraction of sp³-hybridized carbons (Fsp3) is 0.0385. The van der Waals surface area contributed by atoms with Crippen molar-refractivity contribution in [2.24, 2.45) is 5.10 Å². The number of nitrogens with zero attached hydrogens (tertiary/aromatic N) is 2. The van der Waals surface area contributed by atoms with Crippen LogP contribution in [0, 0.1) is 0 Å². The summed E-state index contributed by atoms with van der Waals surface area (Å²) in [5.74, 6) is -0.281. The van der Waals surface area contributed by atoms with Crippen LogP contribution in [-0.4, -0.2) is 18.0 Å². The summed E-state index contributed by atoms with van der Waals surface area (Å²) in [6, 6.07) is 28.6. The SMILES string of the molecule is O=C(N/N=C\c1ccccc1)c1ccc(CN2C(=O)c3cccc4cccc2c34)cc1. The Morgan fingerprint density at radius 2 is 1.61 bits per heavy atom. The van der Waals surface area contributed by atoms with Crippen molar-refractivity contribution in [2.45, 2.75) is 6.54 Å². The molecule has 5 heteroatoms. The van der Waals surface area contributed by atoms with Gasteiger partial charge in [-0.05, 0) is 40.8 Å². The van der Waals surface area contributed by atoms with Gasteiger partial charge in [0.05, 0.1) is 18.4 Å². The average Bonchev–Trinajstić information content (AvgIpc) is 3.08. The highest BCUT2D eigenvalue weighted by Gasteiger charge is 2.29. The van der Waals surface area contributed by atoms with Crippen LogP contribution in [0.5, 0.6) is 0 Å². The largest absolute Gasteiger partial charge is 0.303 e. The molecule has 0 spiro atoms. The zero-order valence-electron chi connectivity index (χ0n) is 16.7. The van der Waals surface area contributed by atoms with Crippen molar-refractivity contribution in [3.63, 3.8) is 0 Å². The standard InChI is InChI=1S/C26H19N3O2/c30-25(28-27-16-18-6-2-1-3-7-18)21-14-12-19(13-15-21)17-29-23-11-5-9-20-8-4-10-22(24(20)23)26(29)31/h1-16H,17H2,(H,28,30)/b27-16-. The van der Waals surface area contributed by atoms with E-state index in [0.717, 1.165) is 33.2 Å². The van der Waals surface area contributed by atoms with Crippen molar-refractivity contribution in [2.75, 3.05) is 4.90 Å². The fourth-order valence-electron chi connectivity index (χ4n) is 3.85. The van der Waals surface area contributed by atoms with Crippen LogP contribution in [0.1, 0.15) is 31.8 Å². The molecule has 1 aliphatic heterocycles. The van der Waals surface area contributed by atoms with E-state index >= 15 is 0 Å². The predicted molar refractivity (Wildman–Crippen MR) is 122 cm³/mol. The van der Waals surface area contributed by atoms with Crippen molar-refractivity contribution in [1.82, 2.24) is 5.43 Å². The summed E-state index contributed by atoms with van der Waals surface area (Å²) in [4.78, 5) is 27.1. The number of amides is 2. The second-order valence-electron chi connectivity index (χ2n) is 7.38. The molecule has 150 valence electrons. The number of nitrogens with one attached hydrogen (secondary N) is 1. The summed E-state index contributed by atoms with van der Waals surface area (Å²) in [6.07, 6.45) is 1.60. The second-order valence-corrected chi connectivity index (χ2v) is 7.38. The number of rotatable bonds is 5. The summed E-state index contributed by atoms with van der Waals surface area (Å²) in [5.41, 5.74) is 6.56. The van der Waals surface area contributed by atoms with Gasteiger partial charge in [0, 0.05) is 16.5 Å². The van der Waals surface area contributed by atoms with E-state index in [1.54, 1.807) is 23.2 Å². The van der Waals surface area contributed by atoms with Crippen molar-refractivity contribution in [1.29, 1.82) is 0 Å². The molecule has 31 heavy (non-hydrogen) atoms. The Hall–Kier alpha value is -4.25. The van der Waals surface area contributed by atoms with Gasteiger partial charge >= 0.3 is 0 Å². The van der Waals surface area contributed by atoms with Gasteiger partial charge in [-0.2, -0.15) is 5.10 Å². The molecule has 0 fully saturated rings. The Morgan fingerprint density at radius 1 is 0.871 bits per heavy atom. The Morgan fingerprint density at radius 3 is 2.39 bits per heavy atom. The van der Waals surface area contributed by atoms with Crippen LogP contribution in [-0.2, 0) is 6.54 Å². The lowest BCUT2D eigenvalue weighted by molar-refractivity contribution is 0.0953. The smallest absolute Gasteiger partial charge is 0.271 e. The normalized spacial score (nSPS) is 12.6. The van der Waals surface area contributed by atoms with Crippen molar-refractivity contribution < 1.29 is 9.59 Å². The van der Waals surface area contributed by atoms with Crippen LogP contribution in [0.4, 0.5) is 5.69 Å². The first kappa shape index (κ1) is 18.8. The quantitative estimate of drug-likeness (QED) is 0.384. The molecule has 0 saturated carbocycles. The molecular weight excluding hydrogens is 386 g/mol. The Balaban J connectivity index is 1.29. The molecule has 0 saturated heterocycles. The highest BCUT2D eigenvalue weighted by molar-refractivity contribution is 6.24. The zero-order chi connectivity index (χ0) is 21.2. The number of carbonyl (C=O) groups excluding carboxylic acids is 2. The van der Waals surface area contributed by atoms with Gasteiger partial charge in [0.25, 0.3) is 11.8 Å². The van der Waals surface area contributed by atoms with E-state index in [1.807, 2.05) is 78.9 Å². The molecule has 4 aromatic carbocycles. The summed E-state index contributed by atoms with van der Waals surface area (Å²) < 4.78 is 0. The highest BCUT2D eigenvalue weighted by atomic mass is 16.2. The van der Waals surface area contributed by atoms with E-state index < -0.39 is 0 Å². The van der Waals surface area contributed by atoms with Crippen molar-refractivity contribution in [3.8, 4) is 0 Å². The molecule has 0 radical (unpaired) electrons. The van der Waals surface area contributed by atoms with Crippen molar-refractivity contribution in [3.05, 3.63) is 113 Å². The first-order valence-electron chi connectivity index (χ1n) is 10.0. The summed E-state index contributed by atoms with van der Waals surface area (Å²) in [6.45, 7) is 0.445. The van der Waals surface area contributed by atoms with E-state index in [1.165, 1.54) is 0 Å². The maximum Gasteiger partial charge on any atom is 0.271 e. The lowest BCUT2D eigenvalue weighted by Gasteiger charge is -2.18. The molecule has 5 rings (SSSR count). The third-order valence-corrected chi connectivity index (χ3v) is 5.39.